The molecule has 0 unspecified atom stereocenters. The Bertz CT molecular complexity index is 896. The van der Waals surface area contributed by atoms with E-state index < -0.39 is 0 Å². The third-order valence-electron chi connectivity index (χ3n) is 3.89. The van der Waals surface area contributed by atoms with E-state index in [4.69, 9.17) is 4.42 Å². The van der Waals surface area contributed by atoms with Crippen LogP contribution in [0.25, 0.3) is 5.69 Å². The first kappa shape index (κ1) is 16.5. The highest BCUT2D eigenvalue weighted by atomic mass is 79.9. The summed E-state index contributed by atoms with van der Waals surface area (Å²) in [5, 5.41) is 7.27. The summed E-state index contributed by atoms with van der Waals surface area (Å²) in [4.78, 5) is 12.5. The van der Waals surface area contributed by atoms with Gasteiger partial charge in [-0.2, -0.15) is 5.10 Å². The Morgan fingerprint density at radius 2 is 2.08 bits per heavy atom. The molecule has 0 aliphatic heterocycles. The lowest BCUT2D eigenvalue weighted by molar-refractivity contribution is 0.0950. The molecule has 0 bridgehead atoms. The van der Waals surface area contributed by atoms with Crippen molar-refractivity contribution in [2.24, 2.45) is 0 Å². The number of amides is 1. The van der Waals surface area contributed by atoms with Crippen LogP contribution < -0.4 is 5.32 Å². The Labute approximate surface area is 148 Å². The molecule has 0 spiro atoms. The van der Waals surface area contributed by atoms with Crippen LogP contribution in [-0.2, 0) is 6.54 Å². The van der Waals surface area contributed by atoms with Crippen LogP contribution in [0.5, 0.6) is 0 Å². The zero-order valence-corrected chi connectivity index (χ0v) is 15.3. The van der Waals surface area contributed by atoms with E-state index in [0.717, 1.165) is 32.9 Å². The highest BCUT2D eigenvalue weighted by Gasteiger charge is 2.16. The van der Waals surface area contributed by atoms with E-state index in [-0.39, 0.29) is 5.91 Å². The number of aromatic nitrogens is 2. The van der Waals surface area contributed by atoms with Crippen LogP contribution in [0.2, 0.25) is 0 Å². The monoisotopic (exact) mass is 387 g/mol. The van der Waals surface area contributed by atoms with Gasteiger partial charge in [0.15, 0.2) is 0 Å². The van der Waals surface area contributed by atoms with Crippen molar-refractivity contribution in [3.8, 4) is 5.69 Å². The molecule has 3 aromatic rings. The van der Waals surface area contributed by atoms with Crippen molar-refractivity contribution >= 4 is 21.8 Å². The van der Waals surface area contributed by atoms with E-state index in [1.54, 1.807) is 10.9 Å². The van der Waals surface area contributed by atoms with Gasteiger partial charge in [-0.15, -0.1) is 0 Å². The van der Waals surface area contributed by atoms with E-state index in [1.165, 1.54) is 0 Å². The number of carbonyl (C=O) groups excluding carboxylic acids is 1. The minimum Gasteiger partial charge on any atom is -0.466 e. The fourth-order valence-corrected chi connectivity index (χ4v) is 3.02. The second kappa shape index (κ2) is 6.65. The van der Waals surface area contributed by atoms with E-state index in [0.29, 0.717) is 12.1 Å². The predicted octanol–water partition coefficient (Wildman–Crippen LogP) is 4.08. The zero-order chi connectivity index (χ0) is 17.3. The van der Waals surface area contributed by atoms with Gasteiger partial charge in [0.1, 0.15) is 11.5 Å². The number of nitrogens with one attached hydrogen (secondary N) is 1. The number of hydrogen-bond donors (Lipinski definition) is 1. The highest BCUT2D eigenvalue weighted by Crippen LogP contribution is 2.19. The van der Waals surface area contributed by atoms with Crippen molar-refractivity contribution < 1.29 is 9.21 Å². The van der Waals surface area contributed by atoms with Gasteiger partial charge in [-0.3, -0.25) is 4.79 Å². The molecule has 3 rings (SSSR count). The number of rotatable bonds is 4. The lowest BCUT2D eigenvalue weighted by atomic mass is 10.2. The van der Waals surface area contributed by atoms with Gasteiger partial charge in [0.25, 0.3) is 5.91 Å². The molecule has 1 amide bonds. The summed E-state index contributed by atoms with van der Waals surface area (Å²) in [6.45, 7) is 6.11. The molecule has 24 heavy (non-hydrogen) atoms. The smallest absolute Gasteiger partial charge is 0.255 e. The SMILES string of the molecule is Cc1cc(CNC(=O)c2cnn(-c3cccc(Br)c3)c2C)c(C)o1. The van der Waals surface area contributed by atoms with Gasteiger partial charge >= 0.3 is 0 Å². The molecule has 0 fully saturated rings. The van der Waals surface area contributed by atoms with Crippen molar-refractivity contribution in [2.75, 3.05) is 0 Å². The zero-order valence-electron chi connectivity index (χ0n) is 13.8. The molecule has 1 N–H and O–H groups in total. The average molecular weight is 388 g/mol. The summed E-state index contributed by atoms with van der Waals surface area (Å²) < 4.78 is 8.20. The maximum absolute atomic E-state index is 12.5. The van der Waals surface area contributed by atoms with E-state index >= 15 is 0 Å². The maximum Gasteiger partial charge on any atom is 0.255 e. The minimum atomic E-state index is -0.146. The van der Waals surface area contributed by atoms with Crippen LogP contribution in [-0.4, -0.2) is 15.7 Å². The van der Waals surface area contributed by atoms with Crippen LogP contribution in [0, 0.1) is 20.8 Å². The Morgan fingerprint density at radius 3 is 2.75 bits per heavy atom. The van der Waals surface area contributed by atoms with Crippen LogP contribution in [0.15, 0.2) is 45.4 Å². The van der Waals surface area contributed by atoms with Gasteiger partial charge in [-0.1, -0.05) is 22.0 Å². The summed E-state index contributed by atoms with van der Waals surface area (Å²) in [6, 6.07) is 9.73. The molecule has 1 aromatic carbocycles. The molecule has 124 valence electrons. The number of aryl methyl sites for hydroxylation is 2. The average Bonchev–Trinajstić information content (AvgIpc) is 3.07. The molecule has 6 heteroatoms. The first-order valence-corrected chi connectivity index (χ1v) is 8.39. The molecule has 0 atom stereocenters. The fraction of sp³-hybridized carbons (Fsp3) is 0.222. The quantitative estimate of drug-likeness (QED) is 0.733. The fourth-order valence-electron chi connectivity index (χ4n) is 2.63. The number of benzene rings is 1. The van der Waals surface area contributed by atoms with Gasteiger partial charge < -0.3 is 9.73 Å². The van der Waals surface area contributed by atoms with E-state index in [2.05, 4.69) is 26.3 Å². The number of furan rings is 1. The van der Waals surface area contributed by atoms with Gasteiger partial charge in [0, 0.05) is 16.6 Å². The number of halogens is 1. The second-order valence-electron chi connectivity index (χ2n) is 5.66. The third-order valence-corrected chi connectivity index (χ3v) is 4.38. The lowest BCUT2D eigenvalue weighted by Crippen LogP contribution is -2.23. The summed E-state index contributed by atoms with van der Waals surface area (Å²) in [6.07, 6.45) is 1.60. The minimum absolute atomic E-state index is 0.146. The Kier molecular flexibility index (Phi) is 4.57. The molecular formula is C18H18BrN3O2. The maximum atomic E-state index is 12.5. The first-order chi connectivity index (χ1) is 11.5. The standard InChI is InChI=1S/C18H18BrN3O2/c1-11-7-14(13(3)24-11)9-20-18(23)17-10-21-22(12(17)2)16-6-4-5-15(19)8-16/h4-8,10H,9H2,1-3H3,(H,20,23). The molecular weight excluding hydrogens is 370 g/mol. The van der Waals surface area contributed by atoms with Crippen LogP contribution in [0.3, 0.4) is 0 Å². The van der Waals surface area contributed by atoms with Gasteiger partial charge in [0.2, 0.25) is 0 Å². The number of hydrogen-bond acceptors (Lipinski definition) is 3. The molecule has 2 aromatic heterocycles. The number of nitrogens with zero attached hydrogens (tertiary/aromatic N) is 2. The Balaban J connectivity index is 1.78. The molecule has 0 saturated heterocycles. The van der Waals surface area contributed by atoms with Gasteiger partial charge in [0.05, 0.1) is 23.1 Å². The Morgan fingerprint density at radius 1 is 1.29 bits per heavy atom. The van der Waals surface area contributed by atoms with Crippen molar-refractivity contribution in [1.82, 2.24) is 15.1 Å². The normalized spacial score (nSPS) is 10.8. The van der Waals surface area contributed by atoms with Crippen LogP contribution in [0.4, 0.5) is 0 Å². The lowest BCUT2D eigenvalue weighted by Gasteiger charge is -2.07. The molecule has 0 saturated carbocycles. The summed E-state index contributed by atoms with van der Waals surface area (Å²) in [7, 11) is 0. The van der Waals surface area contributed by atoms with Crippen LogP contribution >= 0.6 is 15.9 Å². The van der Waals surface area contributed by atoms with E-state index in [9.17, 15) is 4.79 Å². The van der Waals surface area contributed by atoms with Crippen molar-refractivity contribution in [3.63, 3.8) is 0 Å². The molecule has 0 radical (unpaired) electrons. The number of carbonyl (C=O) groups is 1. The molecule has 0 aliphatic rings. The van der Waals surface area contributed by atoms with Crippen molar-refractivity contribution in [3.05, 3.63) is 69.3 Å². The summed E-state index contributed by atoms with van der Waals surface area (Å²) in [5.41, 5.74) is 3.25. The first-order valence-electron chi connectivity index (χ1n) is 7.60. The second-order valence-corrected chi connectivity index (χ2v) is 6.57. The Hall–Kier alpha value is -2.34. The molecule has 5 nitrogen and oxygen atoms in total. The van der Waals surface area contributed by atoms with Crippen molar-refractivity contribution in [1.29, 1.82) is 0 Å². The van der Waals surface area contributed by atoms with Gasteiger partial charge in [-0.25, -0.2) is 4.68 Å². The van der Waals surface area contributed by atoms with Crippen LogP contribution in [0.1, 0.15) is 33.1 Å². The molecule has 2 heterocycles. The third kappa shape index (κ3) is 3.28. The summed E-state index contributed by atoms with van der Waals surface area (Å²) in [5.74, 6) is 1.52. The predicted molar refractivity (Wildman–Crippen MR) is 95.4 cm³/mol. The van der Waals surface area contributed by atoms with Gasteiger partial charge in [-0.05, 0) is 45.0 Å². The van der Waals surface area contributed by atoms with Crippen molar-refractivity contribution in [2.45, 2.75) is 27.3 Å². The topological polar surface area (TPSA) is 60.1 Å². The highest BCUT2D eigenvalue weighted by molar-refractivity contribution is 9.10. The largest absolute Gasteiger partial charge is 0.466 e. The van der Waals surface area contributed by atoms with E-state index in [1.807, 2.05) is 51.1 Å². The molecule has 0 aliphatic carbocycles. The summed E-state index contributed by atoms with van der Waals surface area (Å²) >= 11 is 3.45.